The molecule has 240 valence electrons. The fourth-order valence-corrected chi connectivity index (χ4v) is 4.41. The van der Waals surface area contributed by atoms with E-state index in [0.29, 0.717) is 70.9 Å². The first kappa shape index (κ1) is 32.3. The van der Waals surface area contributed by atoms with E-state index in [4.69, 9.17) is 28.8 Å². The molecule has 3 N–H and O–H groups in total. The fourth-order valence-electron chi connectivity index (χ4n) is 4.41. The normalized spacial score (nSPS) is 11.0. The van der Waals surface area contributed by atoms with Gasteiger partial charge in [-0.3, -0.25) is 19.3 Å². The summed E-state index contributed by atoms with van der Waals surface area (Å²) in [6.45, 7) is 1.43. The predicted molar refractivity (Wildman–Crippen MR) is 171 cm³/mol. The topological polar surface area (TPSA) is 159 Å². The van der Waals surface area contributed by atoms with Gasteiger partial charge in [0.15, 0.2) is 11.5 Å². The lowest BCUT2D eigenvalue weighted by Gasteiger charge is -2.15. The molecular weight excluding hydrogens is 594 g/mol. The van der Waals surface area contributed by atoms with Crippen molar-refractivity contribution in [3.63, 3.8) is 0 Å². The molecule has 0 amide bonds. The second kappa shape index (κ2) is 16.3. The number of hydrogen-bond donors (Lipinski definition) is 3. The van der Waals surface area contributed by atoms with Gasteiger partial charge in [0, 0.05) is 36.6 Å². The van der Waals surface area contributed by atoms with Crippen LogP contribution in [0.15, 0.2) is 84.0 Å². The van der Waals surface area contributed by atoms with Gasteiger partial charge in [-0.15, -0.1) is 0 Å². The number of fused-ring (bicyclic) bond motifs is 1. The van der Waals surface area contributed by atoms with Crippen LogP contribution in [-0.4, -0.2) is 82.6 Å². The van der Waals surface area contributed by atoms with Crippen molar-refractivity contribution in [2.45, 2.75) is 0 Å². The molecule has 46 heavy (non-hydrogen) atoms. The van der Waals surface area contributed by atoms with Crippen LogP contribution >= 0.6 is 0 Å². The highest BCUT2D eigenvalue weighted by atomic mass is 16.6. The SMILES string of the molecule is Cn1c(Nc2ccccc2)ncc(-c2ccc(Oc3ccnc4cc(OCCO)c(OCCOCCOCCO)cc34)cn2)c1=O. The number of aliphatic hydroxyl groups is 2. The lowest BCUT2D eigenvalue weighted by atomic mass is 10.1. The summed E-state index contributed by atoms with van der Waals surface area (Å²) in [7, 11) is 1.65. The Bertz CT molecular complexity index is 1770. The van der Waals surface area contributed by atoms with Gasteiger partial charge in [-0.25, -0.2) is 4.98 Å². The number of rotatable bonds is 17. The molecule has 0 aliphatic heterocycles. The summed E-state index contributed by atoms with van der Waals surface area (Å²) >= 11 is 0. The Morgan fingerprint density at radius 1 is 0.761 bits per heavy atom. The summed E-state index contributed by atoms with van der Waals surface area (Å²) in [4.78, 5) is 26.5. The maximum atomic E-state index is 13.1. The van der Waals surface area contributed by atoms with E-state index in [-0.39, 0.29) is 38.6 Å². The van der Waals surface area contributed by atoms with Crippen molar-refractivity contribution in [1.29, 1.82) is 0 Å². The quantitative estimate of drug-likeness (QED) is 0.128. The molecule has 0 spiro atoms. The minimum Gasteiger partial charge on any atom is -0.487 e. The van der Waals surface area contributed by atoms with E-state index >= 15 is 0 Å². The number of para-hydroxylation sites is 1. The zero-order chi connectivity index (χ0) is 32.1. The summed E-state index contributed by atoms with van der Waals surface area (Å²) in [5.41, 5.74) is 1.97. The third kappa shape index (κ3) is 8.34. The summed E-state index contributed by atoms with van der Waals surface area (Å²) < 4.78 is 30.0. The zero-order valence-electron chi connectivity index (χ0n) is 25.3. The molecule has 0 saturated heterocycles. The molecule has 2 aromatic carbocycles. The van der Waals surface area contributed by atoms with Crippen LogP contribution in [0.25, 0.3) is 22.2 Å². The number of aliphatic hydroxyl groups excluding tert-OH is 2. The molecular formula is C33H35N5O8. The summed E-state index contributed by atoms with van der Waals surface area (Å²) in [5, 5.41) is 21.9. The molecule has 3 aromatic heterocycles. The number of pyridine rings is 2. The first-order valence-electron chi connectivity index (χ1n) is 14.7. The third-order valence-electron chi connectivity index (χ3n) is 6.65. The average molecular weight is 630 g/mol. The van der Waals surface area contributed by atoms with Gasteiger partial charge in [0.05, 0.1) is 62.6 Å². The number of ether oxygens (including phenoxy) is 5. The standard InChI is InChI=1S/C33H35N5O8/c1-38-32(41)26(22-36-33(38)37-23-5-3-2-4-6-23)27-8-7-24(21-35-27)46-29-9-10-34-28-20-31(44-14-12-40)30(19-25(28)29)45-18-17-43-16-15-42-13-11-39/h2-10,19-22,39-40H,11-18H2,1H3,(H,36,37). The first-order chi connectivity index (χ1) is 22.6. The van der Waals surface area contributed by atoms with E-state index in [1.54, 1.807) is 43.6 Å². The maximum absolute atomic E-state index is 13.1. The molecule has 0 unspecified atom stereocenters. The lowest BCUT2D eigenvalue weighted by molar-refractivity contribution is 0.0244. The van der Waals surface area contributed by atoms with Crippen molar-refractivity contribution >= 4 is 22.5 Å². The van der Waals surface area contributed by atoms with E-state index in [9.17, 15) is 9.90 Å². The van der Waals surface area contributed by atoms with Crippen molar-refractivity contribution in [1.82, 2.24) is 19.5 Å². The Hall–Kier alpha value is -5.08. The molecule has 0 bridgehead atoms. The van der Waals surface area contributed by atoms with E-state index in [1.165, 1.54) is 17.0 Å². The highest BCUT2D eigenvalue weighted by Gasteiger charge is 2.15. The van der Waals surface area contributed by atoms with Crippen molar-refractivity contribution in [3.05, 3.63) is 89.6 Å². The van der Waals surface area contributed by atoms with Gasteiger partial charge in [0.1, 0.15) is 24.7 Å². The molecule has 0 atom stereocenters. The lowest BCUT2D eigenvalue weighted by Crippen LogP contribution is -2.22. The van der Waals surface area contributed by atoms with Crippen molar-refractivity contribution < 1.29 is 33.9 Å². The summed E-state index contributed by atoms with van der Waals surface area (Å²) in [6.07, 6.45) is 4.65. The fraction of sp³-hybridized carbons (Fsp3) is 0.273. The molecule has 5 rings (SSSR count). The smallest absolute Gasteiger partial charge is 0.264 e. The highest BCUT2D eigenvalue weighted by Crippen LogP contribution is 2.37. The Morgan fingerprint density at radius 3 is 2.26 bits per heavy atom. The Labute approximate surface area is 265 Å². The van der Waals surface area contributed by atoms with Crippen molar-refractivity contribution in [2.75, 3.05) is 58.2 Å². The van der Waals surface area contributed by atoms with Gasteiger partial charge in [0.25, 0.3) is 5.56 Å². The molecule has 0 saturated carbocycles. The van der Waals surface area contributed by atoms with Crippen LogP contribution in [0, 0.1) is 0 Å². The second-order valence-electron chi connectivity index (χ2n) is 9.83. The molecule has 13 nitrogen and oxygen atoms in total. The van der Waals surface area contributed by atoms with Gasteiger partial charge in [-0.05, 0) is 36.4 Å². The monoisotopic (exact) mass is 629 g/mol. The molecule has 0 radical (unpaired) electrons. The average Bonchev–Trinajstić information content (AvgIpc) is 3.08. The van der Waals surface area contributed by atoms with Crippen LogP contribution < -0.4 is 25.1 Å². The van der Waals surface area contributed by atoms with Crippen LogP contribution in [0.4, 0.5) is 11.6 Å². The molecule has 0 aliphatic rings. The number of anilines is 2. The first-order valence-corrected chi connectivity index (χ1v) is 14.7. The number of nitrogens with zero attached hydrogens (tertiary/aromatic N) is 4. The van der Waals surface area contributed by atoms with Crippen molar-refractivity contribution in [2.24, 2.45) is 7.05 Å². The van der Waals surface area contributed by atoms with Gasteiger partial charge < -0.3 is 39.2 Å². The van der Waals surface area contributed by atoms with Crippen molar-refractivity contribution in [3.8, 4) is 34.3 Å². The molecule has 0 fully saturated rings. The Morgan fingerprint density at radius 2 is 1.50 bits per heavy atom. The number of nitrogens with one attached hydrogen (secondary N) is 1. The van der Waals surface area contributed by atoms with Gasteiger partial charge in [0.2, 0.25) is 5.95 Å². The molecule has 0 aliphatic carbocycles. The minimum absolute atomic E-state index is 0.0363. The summed E-state index contributed by atoms with van der Waals surface area (Å²) in [6, 6.07) is 18.1. The van der Waals surface area contributed by atoms with Crippen LogP contribution in [0.1, 0.15) is 0 Å². The van der Waals surface area contributed by atoms with Crippen LogP contribution in [0.3, 0.4) is 0 Å². The van der Waals surface area contributed by atoms with Crippen LogP contribution in [0.5, 0.6) is 23.0 Å². The third-order valence-corrected chi connectivity index (χ3v) is 6.65. The minimum atomic E-state index is -0.248. The molecule has 5 aromatic rings. The van der Waals surface area contributed by atoms with E-state index in [1.807, 2.05) is 30.3 Å². The van der Waals surface area contributed by atoms with Crippen LogP contribution in [0.2, 0.25) is 0 Å². The largest absolute Gasteiger partial charge is 0.487 e. The van der Waals surface area contributed by atoms with Gasteiger partial charge >= 0.3 is 0 Å². The number of aromatic nitrogens is 4. The molecule has 13 heteroatoms. The summed E-state index contributed by atoms with van der Waals surface area (Å²) in [5.74, 6) is 2.21. The number of benzene rings is 2. The Balaban J connectivity index is 1.30. The zero-order valence-corrected chi connectivity index (χ0v) is 25.3. The maximum Gasteiger partial charge on any atom is 0.264 e. The van der Waals surface area contributed by atoms with Crippen LogP contribution in [-0.2, 0) is 16.5 Å². The van der Waals surface area contributed by atoms with E-state index in [0.717, 1.165) is 5.69 Å². The Kier molecular flexibility index (Phi) is 11.4. The van der Waals surface area contributed by atoms with Gasteiger partial charge in [-0.2, -0.15) is 0 Å². The highest BCUT2D eigenvalue weighted by molar-refractivity contribution is 5.88. The van der Waals surface area contributed by atoms with E-state index < -0.39 is 0 Å². The van der Waals surface area contributed by atoms with E-state index in [2.05, 4.69) is 20.3 Å². The molecule has 3 heterocycles. The number of hydrogen-bond acceptors (Lipinski definition) is 12. The van der Waals surface area contributed by atoms with Gasteiger partial charge in [-0.1, -0.05) is 18.2 Å². The predicted octanol–water partition coefficient (Wildman–Crippen LogP) is 3.70. The second-order valence-corrected chi connectivity index (χ2v) is 9.83.